The normalized spacial score (nSPS) is 40.9. The van der Waals surface area contributed by atoms with Crippen molar-refractivity contribution in [1.29, 1.82) is 0 Å². The molecule has 1 aromatic heterocycles. The fourth-order valence-electron chi connectivity index (χ4n) is 9.45. The van der Waals surface area contributed by atoms with Gasteiger partial charge < -0.3 is 19.3 Å². The van der Waals surface area contributed by atoms with Gasteiger partial charge in [0.15, 0.2) is 24.3 Å². The Labute approximate surface area is 241 Å². The van der Waals surface area contributed by atoms with E-state index in [1.807, 2.05) is 36.4 Å². The molecule has 216 valence electrons. The summed E-state index contributed by atoms with van der Waals surface area (Å²) in [6, 6.07) is 9.76. The van der Waals surface area contributed by atoms with Crippen LogP contribution in [0.2, 0.25) is 0 Å². The van der Waals surface area contributed by atoms with Gasteiger partial charge in [0, 0.05) is 28.3 Å². The second kappa shape index (κ2) is 9.58. The number of rotatable bonds is 6. The number of nitrogens with zero attached hydrogens (tertiary/aromatic N) is 1. The van der Waals surface area contributed by atoms with Gasteiger partial charge in [0.1, 0.15) is 0 Å². The number of ether oxygens (including phenoxy) is 3. The van der Waals surface area contributed by atoms with Crippen LogP contribution in [0, 0.1) is 28.6 Å². The summed E-state index contributed by atoms with van der Waals surface area (Å²) in [7, 11) is 0. The first-order chi connectivity index (χ1) is 19.7. The van der Waals surface area contributed by atoms with Crippen molar-refractivity contribution in [2.24, 2.45) is 28.6 Å². The van der Waals surface area contributed by atoms with Crippen molar-refractivity contribution in [2.45, 2.75) is 83.4 Å². The number of aliphatic hydroxyl groups is 1. The van der Waals surface area contributed by atoms with Gasteiger partial charge in [-0.3, -0.25) is 9.59 Å². The first-order valence-corrected chi connectivity index (χ1v) is 15.2. The molecular weight excluding hydrogens is 518 g/mol. The highest BCUT2D eigenvalue weighted by Gasteiger charge is 2.75. The Morgan fingerprint density at radius 3 is 2.88 bits per heavy atom. The van der Waals surface area contributed by atoms with E-state index in [2.05, 4.69) is 25.8 Å². The second-order valence-corrected chi connectivity index (χ2v) is 13.2. The highest BCUT2D eigenvalue weighted by molar-refractivity contribution is 6.01. The van der Waals surface area contributed by atoms with Crippen molar-refractivity contribution in [3.63, 3.8) is 0 Å². The topological polar surface area (TPSA) is 95.0 Å². The molecule has 5 aliphatic rings. The molecule has 1 aliphatic heterocycles. The molecule has 7 heteroatoms. The highest BCUT2D eigenvalue weighted by atomic mass is 16.7. The molecule has 0 bridgehead atoms. The smallest absolute Gasteiger partial charge is 0.221 e. The lowest BCUT2D eigenvalue weighted by Crippen LogP contribution is -2.63. The lowest BCUT2D eigenvalue weighted by atomic mass is 9.46. The van der Waals surface area contributed by atoms with Crippen molar-refractivity contribution >= 4 is 22.3 Å². The fourth-order valence-corrected chi connectivity index (χ4v) is 9.45. The van der Waals surface area contributed by atoms with Gasteiger partial charge in [0.2, 0.25) is 11.7 Å². The van der Waals surface area contributed by atoms with E-state index in [1.165, 1.54) is 0 Å². The van der Waals surface area contributed by atoms with Gasteiger partial charge in [-0.05, 0) is 73.6 Å². The summed E-state index contributed by atoms with van der Waals surface area (Å²) in [6.45, 7) is 6.20. The molecule has 0 spiro atoms. The number of benzene rings is 1. The monoisotopic (exact) mass is 557 g/mol. The van der Waals surface area contributed by atoms with Gasteiger partial charge >= 0.3 is 0 Å². The zero-order valence-corrected chi connectivity index (χ0v) is 24.0. The van der Waals surface area contributed by atoms with Gasteiger partial charge in [-0.1, -0.05) is 57.0 Å². The Bertz CT molecular complexity index is 1460. The number of carbonyl (C=O) groups excluding carboxylic acids is 2. The summed E-state index contributed by atoms with van der Waals surface area (Å²) >= 11 is 0. The predicted molar refractivity (Wildman–Crippen MR) is 153 cm³/mol. The molecule has 4 aliphatic carbocycles. The molecular formula is C34H39NO6. The van der Waals surface area contributed by atoms with Crippen LogP contribution in [0.1, 0.15) is 59.3 Å². The number of allylic oxidation sites excluding steroid dienone is 4. The van der Waals surface area contributed by atoms with Gasteiger partial charge in [-0.2, -0.15) is 0 Å². The molecule has 0 radical (unpaired) electrons. The molecule has 2 aromatic rings. The third-order valence-corrected chi connectivity index (χ3v) is 11.2. The van der Waals surface area contributed by atoms with E-state index < -0.39 is 29.5 Å². The number of pyridine rings is 1. The Morgan fingerprint density at radius 2 is 2.05 bits per heavy atom. The predicted octanol–water partition coefficient (Wildman–Crippen LogP) is 5.35. The van der Waals surface area contributed by atoms with E-state index in [0.717, 1.165) is 35.6 Å². The number of fused-ring (bicyclic) bond motifs is 8. The van der Waals surface area contributed by atoms with Crippen LogP contribution in [0.3, 0.4) is 0 Å². The van der Waals surface area contributed by atoms with Crippen LogP contribution in [0.5, 0.6) is 5.88 Å². The lowest BCUT2D eigenvalue weighted by Gasteiger charge is -2.59. The maximum atomic E-state index is 14.5. The lowest BCUT2D eigenvalue weighted by molar-refractivity contribution is -0.200. The Morgan fingerprint density at radius 1 is 1.22 bits per heavy atom. The zero-order valence-electron chi connectivity index (χ0n) is 24.0. The third kappa shape index (κ3) is 3.78. The van der Waals surface area contributed by atoms with Gasteiger partial charge in [0.25, 0.3) is 0 Å². The number of carbonyl (C=O) groups is 2. The molecule has 3 saturated carbocycles. The number of ketones is 2. The minimum absolute atomic E-state index is 0.0236. The quantitative estimate of drug-likeness (QED) is 0.512. The zero-order chi connectivity index (χ0) is 28.6. The molecule has 1 N–H and O–H groups in total. The molecule has 4 fully saturated rings. The standard InChI is InChI=1S/C34H39NO6/c1-4-7-29-40-28-17-25-24-11-10-21-16-22(36)12-14-32(21,2)30(24)26(37)18-33(25,3)34(28,41-29)27(38)19-39-31-23-9-6-5-8-20(23)13-15-35-31/h5-6,8-9,12-16,24-26,28-30,37H,4,7,10-11,17-19H2,1-3H3/t24?,25?,26?,28-,29?,30?,32?,33?,34-/m1/s1. The molecule has 7 rings (SSSR count). The van der Waals surface area contributed by atoms with Crippen molar-refractivity contribution < 1.29 is 28.9 Å². The average molecular weight is 558 g/mol. The summed E-state index contributed by atoms with van der Waals surface area (Å²) in [4.78, 5) is 31.1. The van der Waals surface area contributed by atoms with E-state index in [0.29, 0.717) is 25.1 Å². The summed E-state index contributed by atoms with van der Waals surface area (Å²) in [5.41, 5.74) is -1.09. The number of hydrogen-bond donors (Lipinski definition) is 1. The molecule has 7 nitrogen and oxygen atoms in total. The fraction of sp³-hybridized carbons (Fsp3) is 0.559. The van der Waals surface area contributed by atoms with Crippen LogP contribution in [0.15, 0.2) is 60.3 Å². The van der Waals surface area contributed by atoms with E-state index in [1.54, 1.807) is 18.3 Å². The minimum Gasteiger partial charge on any atom is -0.469 e. The van der Waals surface area contributed by atoms with Gasteiger partial charge in [0.05, 0.1) is 12.2 Å². The van der Waals surface area contributed by atoms with Crippen molar-refractivity contribution in [2.75, 3.05) is 6.61 Å². The summed E-state index contributed by atoms with van der Waals surface area (Å²) < 4.78 is 19.4. The molecule has 1 saturated heterocycles. The van der Waals surface area contributed by atoms with Gasteiger partial charge in [-0.15, -0.1) is 0 Å². The average Bonchev–Trinajstić information content (AvgIpc) is 3.44. The van der Waals surface area contributed by atoms with Crippen LogP contribution in [0.25, 0.3) is 10.8 Å². The molecule has 2 heterocycles. The first-order valence-electron chi connectivity index (χ1n) is 15.2. The van der Waals surface area contributed by atoms with E-state index in [-0.39, 0.29) is 41.3 Å². The van der Waals surface area contributed by atoms with E-state index in [9.17, 15) is 14.7 Å². The molecule has 7 unspecified atom stereocenters. The maximum Gasteiger partial charge on any atom is 0.221 e. The molecule has 1 aromatic carbocycles. The maximum absolute atomic E-state index is 14.5. The molecule has 9 atom stereocenters. The van der Waals surface area contributed by atoms with Crippen molar-refractivity contribution in [1.82, 2.24) is 4.98 Å². The summed E-state index contributed by atoms with van der Waals surface area (Å²) in [5, 5.41) is 13.8. The largest absolute Gasteiger partial charge is 0.469 e. The van der Waals surface area contributed by atoms with Crippen molar-refractivity contribution in [3.05, 3.63) is 60.3 Å². The van der Waals surface area contributed by atoms with Crippen LogP contribution in [-0.2, 0) is 19.1 Å². The number of Topliss-reactive ketones (excluding diaryl/α,β-unsaturated/α-hetero) is 1. The van der Waals surface area contributed by atoms with Crippen LogP contribution < -0.4 is 4.74 Å². The summed E-state index contributed by atoms with van der Waals surface area (Å²) in [5.74, 6) is 0.588. The number of aliphatic hydroxyl groups excluding tert-OH is 1. The van der Waals surface area contributed by atoms with Crippen LogP contribution in [-0.4, -0.2) is 52.4 Å². The van der Waals surface area contributed by atoms with E-state index >= 15 is 0 Å². The third-order valence-electron chi connectivity index (χ3n) is 11.2. The number of aromatic nitrogens is 1. The van der Waals surface area contributed by atoms with Crippen molar-refractivity contribution in [3.8, 4) is 5.88 Å². The Hall–Kier alpha value is -2.87. The van der Waals surface area contributed by atoms with Gasteiger partial charge in [-0.25, -0.2) is 4.98 Å². The van der Waals surface area contributed by atoms with Crippen LogP contribution in [0.4, 0.5) is 0 Å². The summed E-state index contributed by atoms with van der Waals surface area (Å²) in [6.07, 6.45) is 10.0. The minimum atomic E-state index is -1.20. The Balaban J connectivity index is 1.23. The highest BCUT2D eigenvalue weighted by Crippen LogP contribution is 2.69. The molecule has 41 heavy (non-hydrogen) atoms. The Kier molecular flexibility index (Phi) is 6.31. The first kappa shape index (κ1) is 27.0. The second-order valence-electron chi connectivity index (χ2n) is 13.2. The van der Waals surface area contributed by atoms with E-state index in [4.69, 9.17) is 14.2 Å². The van der Waals surface area contributed by atoms with Crippen LogP contribution >= 0.6 is 0 Å². The number of hydrogen-bond acceptors (Lipinski definition) is 7. The molecule has 0 amide bonds. The SMILES string of the molecule is CCCC1O[C@@H]2CC3C4CCC5=CC(=O)C=CC5(C)C4C(O)CC3(C)[C@]2(C(=O)COc2nccc3ccccc23)O1.